The Bertz CT molecular complexity index is 1500. The van der Waals surface area contributed by atoms with Crippen molar-refractivity contribution < 1.29 is 9.63 Å². The maximum atomic E-state index is 11.8. The van der Waals surface area contributed by atoms with Crippen molar-refractivity contribution in [3.63, 3.8) is 0 Å². The summed E-state index contributed by atoms with van der Waals surface area (Å²) in [6, 6.07) is 18.2. The first kappa shape index (κ1) is 26.5. The Labute approximate surface area is 238 Å². The van der Waals surface area contributed by atoms with Gasteiger partial charge in [-0.15, -0.1) is 5.48 Å². The summed E-state index contributed by atoms with van der Waals surface area (Å²) in [6.45, 7) is 5.33. The molecule has 0 bridgehead atoms. The van der Waals surface area contributed by atoms with Crippen LogP contribution in [0.4, 0.5) is 10.7 Å². The average Bonchev–Trinajstić information content (AvgIpc) is 3.56. The molecule has 1 saturated carbocycles. The van der Waals surface area contributed by atoms with Gasteiger partial charge in [-0.3, -0.25) is 5.32 Å². The van der Waals surface area contributed by atoms with Crippen molar-refractivity contribution in [3.8, 4) is 11.3 Å². The molecule has 0 spiro atoms. The first-order chi connectivity index (χ1) is 19.5. The zero-order valence-corrected chi connectivity index (χ0v) is 23.5. The molecule has 1 aliphatic carbocycles. The maximum absolute atomic E-state index is 11.8. The fourth-order valence-corrected chi connectivity index (χ4v) is 5.94. The van der Waals surface area contributed by atoms with Crippen molar-refractivity contribution in [1.82, 2.24) is 30.3 Å². The van der Waals surface area contributed by atoms with Crippen LogP contribution in [0.25, 0.3) is 22.4 Å². The van der Waals surface area contributed by atoms with E-state index in [-0.39, 0.29) is 6.04 Å². The lowest BCUT2D eigenvalue weighted by atomic mass is 9.83. The second kappa shape index (κ2) is 11.4. The van der Waals surface area contributed by atoms with Crippen molar-refractivity contribution in [1.29, 1.82) is 0 Å². The number of amides is 1. The Balaban J connectivity index is 1.51. The Morgan fingerprint density at radius 3 is 2.58 bits per heavy atom. The molecule has 3 heterocycles. The number of benzene rings is 2. The molecule has 6 rings (SSSR count). The van der Waals surface area contributed by atoms with Gasteiger partial charge >= 0.3 is 6.09 Å². The second-order valence-electron chi connectivity index (χ2n) is 10.9. The molecule has 2 fully saturated rings. The van der Waals surface area contributed by atoms with Crippen LogP contribution in [0, 0.1) is 11.8 Å². The highest BCUT2D eigenvalue weighted by Crippen LogP contribution is 2.36. The molecule has 1 amide bonds. The number of hydroxylamine groups is 1. The Hall–Kier alpha value is -3.69. The van der Waals surface area contributed by atoms with Crippen LogP contribution in [0.3, 0.4) is 0 Å². The summed E-state index contributed by atoms with van der Waals surface area (Å²) in [4.78, 5) is 31.5. The van der Waals surface area contributed by atoms with E-state index in [1.807, 2.05) is 30.3 Å². The number of nitrogens with zero attached hydrogens (tertiary/aromatic N) is 4. The van der Waals surface area contributed by atoms with Crippen LogP contribution in [0.1, 0.15) is 69.5 Å². The largest absolute Gasteiger partial charge is 0.427 e. The molecular formula is C30H34ClN7O2. The molecule has 4 aromatic rings. The minimum Gasteiger partial charge on any atom is -0.351 e. The Morgan fingerprint density at radius 1 is 1.07 bits per heavy atom. The smallest absolute Gasteiger partial charge is 0.351 e. The van der Waals surface area contributed by atoms with Crippen molar-refractivity contribution >= 4 is 34.8 Å². The highest BCUT2D eigenvalue weighted by Gasteiger charge is 2.30. The van der Waals surface area contributed by atoms with Gasteiger partial charge in [0.2, 0.25) is 5.95 Å². The van der Waals surface area contributed by atoms with Gasteiger partial charge in [-0.2, -0.15) is 4.98 Å². The molecule has 40 heavy (non-hydrogen) atoms. The van der Waals surface area contributed by atoms with Gasteiger partial charge in [0.05, 0.1) is 6.04 Å². The number of imidazole rings is 1. The summed E-state index contributed by atoms with van der Waals surface area (Å²) < 4.78 is 2.26. The van der Waals surface area contributed by atoms with Gasteiger partial charge in [-0.25, -0.2) is 14.8 Å². The molecule has 1 aliphatic heterocycles. The number of anilines is 1. The van der Waals surface area contributed by atoms with E-state index in [4.69, 9.17) is 31.4 Å². The van der Waals surface area contributed by atoms with E-state index in [2.05, 4.69) is 58.8 Å². The Morgan fingerprint density at radius 2 is 1.88 bits per heavy atom. The molecular weight excluding hydrogens is 526 g/mol. The van der Waals surface area contributed by atoms with E-state index < -0.39 is 12.3 Å². The van der Waals surface area contributed by atoms with Crippen LogP contribution < -0.4 is 16.1 Å². The van der Waals surface area contributed by atoms with E-state index >= 15 is 0 Å². The van der Waals surface area contributed by atoms with Gasteiger partial charge < -0.3 is 14.7 Å². The standard InChI is InChI=1S/C30H34ClN7O2/c1-3-23(20-8-5-4-6-9-20)32-29-35-26-25(38(29)17-19-14-12-18(2)13-15-19)24(21-10-7-11-22(31)16-21)33-27(34-26)28-36-30(39)40-37-28/h4-11,16,18-19,23,28,37H,3,12-15,17H2,1-2H3,(H,36,39)(H,32,33,34,35)/t18?,19?,23-,28?/m0/s1. The topological polar surface area (TPSA) is 106 Å². The predicted octanol–water partition coefficient (Wildman–Crippen LogP) is 6.78. The lowest BCUT2D eigenvalue weighted by Crippen LogP contribution is -2.25. The Kier molecular flexibility index (Phi) is 7.58. The van der Waals surface area contributed by atoms with Crippen molar-refractivity contribution in [3.05, 3.63) is 71.0 Å². The molecule has 2 aromatic carbocycles. The second-order valence-corrected chi connectivity index (χ2v) is 11.3. The van der Waals surface area contributed by atoms with Gasteiger partial charge in [0.1, 0.15) is 11.2 Å². The molecule has 2 atom stereocenters. The molecule has 10 heteroatoms. The molecule has 208 valence electrons. The van der Waals surface area contributed by atoms with E-state index in [9.17, 15) is 4.79 Å². The zero-order chi connectivity index (χ0) is 27.6. The van der Waals surface area contributed by atoms with Crippen LogP contribution in [0.2, 0.25) is 5.02 Å². The quantitative estimate of drug-likeness (QED) is 0.218. The third-order valence-electron chi connectivity index (χ3n) is 8.00. The number of rotatable bonds is 8. The third-order valence-corrected chi connectivity index (χ3v) is 8.23. The minimum absolute atomic E-state index is 0.0781. The summed E-state index contributed by atoms with van der Waals surface area (Å²) in [7, 11) is 0. The maximum Gasteiger partial charge on any atom is 0.427 e. The molecule has 2 aliphatic rings. The molecule has 1 saturated heterocycles. The minimum atomic E-state index is -0.691. The number of carbonyl (C=O) groups excluding carboxylic acids is 1. The van der Waals surface area contributed by atoms with Crippen LogP contribution in [-0.2, 0) is 11.4 Å². The highest BCUT2D eigenvalue weighted by molar-refractivity contribution is 6.30. The summed E-state index contributed by atoms with van der Waals surface area (Å²) in [5, 5.41) is 7.05. The summed E-state index contributed by atoms with van der Waals surface area (Å²) >= 11 is 6.43. The number of fused-ring (bicyclic) bond motifs is 1. The van der Waals surface area contributed by atoms with E-state index in [0.717, 1.165) is 35.9 Å². The fraction of sp³-hybridized carbons (Fsp3) is 0.400. The van der Waals surface area contributed by atoms with Crippen molar-refractivity contribution in [2.75, 3.05) is 5.32 Å². The van der Waals surface area contributed by atoms with Gasteiger partial charge in [0.25, 0.3) is 0 Å². The molecule has 1 unspecified atom stereocenters. The molecule has 3 N–H and O–H groups in total. The molecule has 2 aromatic heterocycles. The number of nitrogens with one attached hydrogen (secondary N) is 3. The van der Waals surface area contributed by atoms with Gasteiger partial charge in [0, 0.05) is 17.1 Å². The zero-order valence-electron chi connectivity index (χ0n) is 22.7. The van der Waals surface area contributed by atoms with Gasteiger partial charge in [-0.1, -0.05) is 80.8 Å². The van der Waals surface area contributed by atoms with Gasteiger partial charge in [0.15, 0.2) is 17.6 Å². The fourth-order valence-electron chi connectivity index (χ4n) is 5.75. The monoisotopic (exact) mass is 559 g/mol. The average molecular weight is 560 g/mol. The van der Waals surface area contributed by atoms with Crippen molar-refractivity contribution in [2.45, 2.75) is 64.7 Å². The third kappa shape index (κ3) is 5.48. The number of hydrogen-bond donors (Lipinski definition) is 3. The van der Waals surface area contributed by atoms with E-state index in [1.54, 1.807) is 0 Å². The summed E-state index contributed by atoms with van der Waals surface area (Å²) in [6.07, 6.45) is 4.44. The number of hydrogen-bond acceptors (Lipinski definition) is 7. The summed E-state index contributed by atoms with van der Waals surface area (Å²) in [5.41, 5.74) is 6.84. The van der Waals surface area contributed by atoms with E-state index in [1.165, 1.54) is 31.2 Å². The van der Waals surface area contributed by atoms with E-state index in [0.29, 0.717) is 28.1 Å². The lowest BCUT2D eigenvalue weighted by Gasteiger charge is -2.28. The number of carbonyl (C=O) groups is 1. The first-order valence-corrected chi connectivity index (χ1v) is 14.4. The normalized spacial score (nSPS) is 21.7. The summed E-state index contributed by atoms with van der Waals surface area (Å²) in [5.74, 6) is 2.42. The highest BCUT2D eigenvalue weighted by atomic mass is 35.5. The van der Waals surface area contributed by atoms with Gasteiger partial charge in [-0.05, 0) is 48.8 Å². The lowest BCUT2D eigenvalue weighted by molar-refractivity contribution is 0.120. The van der Waals surface area contributed by atoms with Crippen LogP contribution in [0.5, 0.6) is 0 Å². The van der Waals surface area contributed by atoms with Crippen LogP contribution in [-0.4, -0.2) is 25.6 Å². The molecule has 0 radical (unpaired) electrons. The van der Waals surface area contributed by atoms with Crippen LogP contribution in [0.15, 0.2) is 54.6 Å². The first-order valence-electron chi connectivity index (χ1n) is 14.1. The van der Waals surface area contributed by atoms with Crippen LogP contribution >= 0.6 is 11.6 Å². The predicted molar refractivity (Wildman–Crippen MR) is 155 cm³/mol. The number of aromatic nitrogens is 4. The van der Waals surface area contributed by atoms with Crippen molar-refractivity contribution in [2.24, 2.45) is 11.8 Å². The SMILES string of the molecule is CC[C@H](Nc1nc2nc(C3NOC(=O)N3)nc(-c3cccc(Cl)c3)c2n1CC1CCC(C)CC1)c1ccccc1. The molecule has 9 nitrogen and oxygen atoms in total. The number of halogens is 1.